The van der Waals surface area contributed by atoms with Crippen molar-refractivity contribution in [3.05, 3.63) is 56.1 Å². The largest absolute Gasteiger partial charge is 3.00 e. The van der Waals surface area contributed by atoms with Crippen LogP contribution in [0.5, 0.6) is 0 Å². The summed E-state index contributed by atoms with van der Waals surface area (Å²) in [5.41, 5.74) is 10.3. The summed E-state index contributed by atoms with van der Waals surface area (Å²) < 4.78 is 5.86. The third-order valence-electron chi connectivity index (χ3n) is 5.83. The van der Waals surface area contributed by atoms with E-state index in [0.29, 0.717) is 0 Å². The molecule has 6 nitrogen and oxygen atoms in total. The minimum absolute atomic E-state index is 0. The molecule has 0 aliphatic heterocycles. The summed E-state index contributed by atoms with van der Waals surface area (Å²) in [6.45, 7) is 12.7. The minimum Gasteiger partial charge on any atom is -0.358 e. The first kappa shape index (κ1) is 29.8. The van der Waals surface area contributed by atoms with Gasteiger partial charge < -0.3 is 22.3 Å². The summed E-state index contributed by atoms with van der Waals surface area (Å²) in [5, 5.41) is 14.5. The zero-order valence-electron chi connectivity index (χ0n) is 20.3. The molecule has 0 saturated carbocycles. The second-order valence-corrected chi connectivity index (χ2v) is 7.09. The first-order valence-electron chi connectivity index (χ1n) is 8.65. The van der Waals surface area contributed by atoms with Gasteiger partial charge in [0.1, 0.15) is 0 Å². The van der Waals surface area contributed by atoms with Crippen molar-refractivity contribution < 1.29 is 26.2 Å². The molecule has 0 N–H and O–H groups in total. The molecular weight excluding hydrogens is 438 g/mol. The van der Waals surface area contributed by atoms with Crippen molar-refractivity contribution >= 4 is 23.5 Å². The smallest absolute Gasteiger partial charge is 0.358 e. The molecule has 29 heavy (non-hydrogen) atoms. The Balaban J connectivity index is 0. The molecule has 0 fully saturated rings. The van der Waals surface area contributed by atoms with E-state index in [2.05, 4.69) is 41.5 Å². The van der Waals surface area contributed by atoms with E-state index >= 15 is 0 Å². The summed E-state index contributed by atoms with van der Waals surface area (Å²) in [5.74, 6) is 0. The SMILES string of the molecule is Cc1c(B(c2nn(C)c(C)c2C)c2nn(C)c(C)c2C)nn(C)c1C.[CH3-].[CH3-].[CH3-].[Zr+3]. The third-order valence-corrected chi connectivity index (χ3v) is 5.83. The van der Waals surface area contributed by atoms with Crippen LogP contribution in [0.3, 0.4) is 0 Å². The van der Waals surface area contributed by atoms with Gasteiger partial charge in [-0.1, -0.05) is 0 Å². The first-order valence-corrected chi connectivity index (χ1v) is 8.65. The van der Waals surface area contributed by atoms with Gasteiger partial charge in [-0.25, -0.2) is 0 Å². The van der Waals surface area contributed by atoms with E-state index in [1.165, 1.54) is 33.8 Å². The molecule has 0 spiro atoms. The fourth-order valence-electron chi connectivity index (χ4n) is 3.43. The summed E-state index contributed by atoms with van der Waals surface area (Å²) >= 11 is 0. The molecule has 0 amide bonds. The van der Waals surface area contributed by atoms with E-state index in [9.17, 15) is 0 Å². The molecule has 0 aromatic carbocycles. The van der Waals surface area contributed by atoms with E-state index < -0.39 is 0 Å². The molecule has 0 saturated heterocycles. The van der Waals surface area contributed by atoms with Crippen LogP contribution < -0.4 is 16.8 Å². The number of aromatic nitrogens is 6. The second kappa shape index (κ2) is 10.6. The molecule has 0 aliphatic rings. The average Bonchev–Trinajstić information content (AvgIpc) is 3.08. The van der Waals surface area contributed by atoms with Gasteiger partial charge in [-0.05, 0) is 58.2 Å². The van der Waals surface area contributed by atoms with Gasteiger partial charge in [0.25, 0.3) is 0 Å². The Morgan fingerprint density at radius 3 is 0.862 bits per heavy atom. The van der Waals surface area contributed by atoms with Gasteiger partial charge in [0.05, 0.1) is 0 Å². The Morgan fingerprint density at radius 2 is 0.724 bits per heavy atom. The van der Waals surface area contributed by atoms with Gasteiger partial charge in [-0.3, -0.25) is 14.0 Å². The quantitative estimate of drug-likeness (QED) is 0.428. The van der Waals surface area contributed by atoms with Crippen molar-refractivity contribution in [2.75, 3.05) is 0 Å². The van der Waals surface area contributed by atoms with Crippen LogP contribution in [0.2, 0.25) is 0 Å². The Kier molecular flexibility index (Phi) is 10.8. The number of hydrogen-bond acceptors (Lipinski definition) is 3. The monoisotopic (exact) mass is 473 g/mol. The molecule has 3 aromatic heterocycles. The zero-order chi connectivity index (χ0) is 18.6. The Morgan fingerprint density at radius 1 is 0.517 bits per heavy atom. The minimum atomic E-state index is -0.0558. The molecule has 1 radical (unpaired) electrons. The maximum absolute atomic E-state index is 4.84. The summed E-state index contributed by atoms with van der Waals surface area (Å²) in [7, 11) is 5.99. The summed E-state index contributed by atoms with van der Waals surface area (Å²) in [6.07, 6.45) is 0. The molecule has 0 bridgehead atoms. The maximum atomic E-state index is 4.84. The molecule has 3 rings (SSSR count). The fourth-order valence-corrected chi connectivity index (χ4v) is 3.43. The van der Waals surface area contributed by atoms with Crippen LogP contribution in [-0.2, 0) is 47.3 Å². The fraction of sp³-hybridized carbons (Fsp3) is 0.429. The zero-order valence-corrected chi connectivity index (χ0v) is 22.7. The molecule has 3 aromatic rings. The summed E-state index contributed by atoms with van der Waals surface area (Å²) in [6, 6.07) is 0. The van der Waals surface area contributed by atoms with Gasteiger partial charge >= 0.3 is 32.9 Å². The van der Waals surface area contributed by atoms with E-state index in [-0.39, 0.29) is 55.2 Å². The van der Waals surface area contributed by atoms with Crippen molar-refractivity contribution in [1.29, 1.82) is 0 Å². The predicted octanol–water partition coefficient (Wildman–Crippen LogP) is 1.60. The standard InChI is InChI=1S/C18H27BN6.3CH3.Zr/c1-10-13(4)23(7)20-16(10)19(17-11(2)14(5)24(8)21-17)18-12(3)15(6)25(9)22-18;;;;/h1-9H3;3*1H3;/q;3*-1;+3. The third kappa shape index (κ3) is 4.68. The number of nitrogens with zero attached hydrogens (tertiary/aromatic N) is 6. The molecule has 157 valence electrons. The van der Waals surface area contributed by atoms with Gasteiger partial charge in [-0.15, -0.1) is 0 Å². The first-order chi connectivity index (χ1) is 11.6. The van der Waals surface area contributed by atoms with Gasteiger partial charge in [0.15, 0.2) is 0 Å². The van der Waals surface area contributed by atoms with Crippen LogP contribution in [0.1, 0.15) is 33.8 Å². The molecular formula is C21H36BN6Zr. The number of hydrogen-bond donors (Lipinski definition) is 0. The van der Waals surface area contributed by atoms with E-state index in [1.54, 1.807) is 0 Å². The van der Waals surface area contributed by atoms with Crippen LogP contribution in [0.25, 0.3) is 0 Å². The molecule has 0 unspecified atom stereocenters. The van der Waals surface area contributed by atoms with Crippen LogP contribution in [0.15, 0.2) is 0 Å². The van der Waals surface area contributed by atoms with E-state index in [0.717, 1.165) is 16.8 Å². The molecule has 0 atom stereocenters. The van der Waals surface area contributed by atoms with Crippen molar-refractivity contribution in [2.24, 2.45) is 21.1 Å². The van der Waals surface area contributed by atoms with Crippen molar-refractivity contribution in [1.82, 2.24) is 29.3 Å². The second-order valence-electron chi connectivity index (χ2n) is 7.09. The van der Waals surface area contributed by atoms with Gasteiger partial charge in [-0.2, -0.15) is 15.3 Å². The Labute approximate surface area is 197 Å². The average molecular weight is 475 g/mol. The Hall–Kier alpha value is -1.42. The van der Waals surface area contributed by atoms with Crippen molar-refractivity contribution in [2.45, 2.75) is 41.5 Å². The predicted molar refractivity (Wildman–Crippen MR) is 122 cm³/mol. The molecule has 8 heteroatoms. The van der Waals surface area contributed by atoms with Crippen LogP contribution in [0.4, 0.5) is 0 Å². The van der Waals surface area contributed by atoms with Gasteiger partial charge in [0, 0.05) is 55.0 Å². The van der Waals surface area contributed by atoms with Crippen LogP contribution in [0, 0.1) is 63.8 Å². The molecule has 0 aliphatic carbocycles. The number of aryl methyl sites for hydroxylation is 3. The Bertz CT molecular complexity index is 843. The van der Waals surface area contributed by atoms with Gasteiger partial charge in [0.2, 0.25) is 0 Å². The van der Waals surface area contributed by atoms with Crippen molar-refractivity contribution in [3.8, 4) is 0 Å². The van der Waals surface area contributed by atoms with Crippen LogP contribution in [-0.4, -0.2) is 36.1 Å². The van der Waals surface area contributed by atoms with E-state index in [4.69, 9.17) is 15.3 Å². The summed E-state index contributed by atoms with van der Waals surface area (Å²) in [4.78, 5) is 0. The molecule has 3 heterocycles. The normalized spacial score (nSPS) is 9.83. The topological polar surface area (TPSA) is 53.5 Å². The van der Waals surface area contributed by atoms with Crippen molar-refractivity contribution in [3.63, 3.8) is 0 Å². The van der Waals surface area contributed by atoms with E-state index in [1.807, 2.05) is 35.2 Å². The number of rotatable bonds is 3. The van der Waals surface area contributed by atoms with Crippen LogP contribution >= 0.6 is 0 Å². The maximum Gasteiger partial charge on any atom is 3.00 e.